The largest absolute Gasteiger partial charge is 0.399 e. The summed E-state index contributed by atoms with van der Waals surface area (Å²) < 4.78 is 48.5. The summed E-state index contributed by atoms with van der Waals surface area (Å²) in [6.07, 6.45) is 1.37. The molecule has 2 heterocycles. The average Bonchev–Trinajstić information content (AvgIpc) is 3.42. The van der Waals surface area contributed by atoms with Gasteiger partial charge >= 0.3 is 0 Å². The zero-order chi connectivity index (χ0) is 24.5. The number of aromatic nitrogens is 2. The molecule has 1 aromatic heterocycles. The van der Waals surface area contributed by atoms with Crippen LogP contribution in [0.25, 0.3) is 16.9 Å². The fourth-order valence-electron chi connectivity index (χ4n) is 4.09. The molecule has 9 heteroatoms. The molecule has 0 aliphatic carbocycles. The van der Waals surface area contributed by atoms with Gasteiger partial charge in [0.1, 0.15) is 29.8 Å². The number of rotatable bonds is 6. The Morgan fingerprint density at radius 1 is 0.943 bits per heavy atom. The van der Waals surface area contributed by atoms with Crippen LogP contribution in [0.1, 0.15) is 17.4 Å². The van der Waals surface area contributed by atoms with E-state index in [-0.39, 0.29) is 18.2 Å². The van der Waals surface area contributed by atoms with Crippen molar-refractivity contribution in [3.63, 3.8) is 0 Å². The van der Waals surface area contributed by atoms with Crippen LogP contribution in [0.4, 0.5) is 18.9 Å². The molecule has 1 saturated heterocycles. The lowest BCUT2D eigenvalue weighted by Crippen LogP contribution is -2.30. The fourth-order valence-corrected chi connectivity index (χ4v) is 4.09. The predicted molar refractivity (Wildman–Crippen MR) is 124 cm³/mol. The Morgan fingerprint density at radius 2 is 1.63 bits per heavy atom. The van der Waals surface area contributed by atoms with Crippen LogP contribution in [0.5, 0.6) is 0 Å². The Morgan fingerprint density at radius 3 is 2.31 bits per heavy atom. The van der Waals surface area contributed by atoms with E-state index in [0.717, 1.165) is 23.8 Å². The van der Waals surface area contributed by atoms with Crippen LogP contribution >= 0.6 is 0 Å². The number of amides is 1. The van der Waals surface area contributed by atoms with E-state index in [0.29, 0.717) is 35.5 Å². The Labute approximate surface area is 199 Å². The van der Waals surface area contributed by atoms with Crippen molar-refractivity contribution >= 4 is 11.6 Å². The topological polar surface area (TPSA) is 73.4 Å². The van der Waals surface area contributed by atoms with Gasteiger partial charge in [0.15, 0.2) is 6.23 Å². The number of nitrogens with two attached hydrogens (primary N) is 1. The van der Waals surface area contributed by atoms with E-state index in [9.17, 15) is 18.0 Å². The lowest BCUT2D eigenvalue weighted by molar-refractivity contribution is -0.128. The summed E-state index contributed by atoms with van der Waals surface area (Å²) in [5.74, 6) is -2.12. The van der Waals surface area contributed by atoms with Crippen molar-refractivity contribution in [2.24, 2.45) is 0 Å². The van der Waals surface area contributed by atoms with E-state index >= 15 is 0 Å². The number of halogens is 3. The number of hydrogen-bond donors (Lipinski definition) is 1. The molecule has 1 unspecified atom stereocenters. The van der Waals surface area contributed by atoms with Gasteiger partial charge in [0.2, 0.25) is 0 Å². The van der Waals surface area contributed by atoms with Gasteiger partial charge in [-0.2, -0.15) is 5.10 Å². The first kappa shape index (κ1) is 22.7. The van der Waals surface area contributed by atoms with Crippen LogP contribution in [-0.4, -0.2) is 33.7 Å². The number of benzene rings is 3. The highest BCUT2D eigenvalue weighted by Crippen LogP contribution is 2.35. The van der Waals surface area contributed by atoms with Crippen LogP contribution < -0.4 is 5.73 Å². The van der Waals surface area contributed by atoms with Crippen LogP contribution in [0.2, 0.25) is 0 Å². The van der Waals surface area contributed by atoms with Crippen molar-refractivity contribution in [3.8, 4) is 16.9 Å². The van der Waals surface area contributed by atoms with E-state index < -0.39 is 23.7 Å². The first-order valence-electron chi connectivity index (χ1n) is 10.9. The van der Waals surface area contributed by atoms with E-state index in [1.807, 2.05) is 12.1 Å². The molecule has 5 rings (SSSR count). The maximum Gasteiger partial charge on any atom is 0.250 e. The second-order valence-corrected chi connectivity index (χ2v) is 8.25. The highest BCUT2D eigenvalue weighted by Gasteiger charge is 2.36. The Bertz CT molecular complexity index is 1350. The van der Waals surface area contributed by atoms with Gasteiger partial charge in [-0.25, -0.2) is 17.9 Å². The number of nitrogens with zero attached hydrogens (tertiary/aromatic N) is 3. The van der Waals surface area contributed by atoms with Crippen molar-refractivity contribution in [2.45, 2.75) is 12.6 Å². The molecule has 1 aliphatic rings. The lowest BCUT2D eigenvalue weighted by Gasteiger charge is -2.23. The standard InChI is InChI=1S/C26H21F3N4O2/c27-18-5-3-17(4-6-18)25-23(14-33(31-25)22-12-19(28)11-20(29)13-22)26-32(24(34)15-35-26)10-9-16-1-7-21(30)8-2-16/h1-8,11-14,26H,9-10,15,30H2. The summed E-state index contributed by atoms with van der Waals surface area (Å²) in [6, 6.07) is 16.1. The first-order valence-corrected chi connectivity index (χ1v) is 10.9. The smallest absolute Gasteiger partial charge is 0.250 e. The predicted octanol–water partition coefficient (Wildman–Crippen LogP) is 4.64. The molecule has 0 saturated carbocycles. The van der Waals surface area contributed by atoms with Crippen molar-refractivity contribution in [1.82, 2.24) is 14.7 Å². The van der Waals surface area contributed by atoms with Gasteiger partial charge in [0.25, 0.3) is 5.91 Å². The number of anilines is 1. The number of nitrogen functional groups attached to an aromatic ring is 1. The molecule has 6 nitrogen and oxygen atoms in total. The van der Waals surface area contributed by atoms with E-state index in [4.69, 9.17) is 10.5 Å². The number of carbonyl (C=O) groups excluding carboxylic acids is 1. The third kappa shape index (κ3) is 4.76. The van der Waals surface area contributed by atoms with E-state index in [2.05, 4.69) is 5.10 Å². The van der Waals surface area contributed by atoms with Gasteiger partial charge < -0.3 is 15.4 Å². The second-order valence-electron chi connectivity index (χ2n) is 8.25. The number of hydrogen-bond acceptors (Lipinski definition) is 4. The fraction of sp³-hybridized carbons (Fsp3) is 0.154. The summed E-state index contributed by atoms with van der Waals surface area (Å²) in [5, 5.41) is 4.52. The molecular weight excluding hydrogens is 457 g/mol. The highest BCUT2D eigenvalue weighted by atomic mass is 19.1. The molecule has 1 amide bonds. The third-order valence-electron chi connectivity index (χ3n) is 5.83. The monoisotopic (exact) mass is 478 g/mol. The quantitative estimate of drug-likeness (QED) is 0.410. The summed E-state index contributed by atoms with van der Waals surface area (Å²) in [4.78, 5) is 14.3. The van der Waals surface area contributed by atoms with Crippen molar-refractivity contribution < 1.29 is 22.7 Å². The summed E-state index contributed by atoms with van der Waals surface area (Å²) in [6.45, 7) is 0.255. The first-order chi connectivity index (χ1) is 16.9. The van der Waals surface area contributed by atoms with Crippen molar-refractivity contribution in [3.05, 3.63) is 102 Å². The Hall–Kier alpha value is -4.11. The molecule has 35 heavy (non-hydrogen) atoms. The van der Waals surface area contributed by atoms with Crippen LogP contribution in [0.3, 0.4) is 0 Å². The van der Waals surface area contributed by atoms with Crippen molar-refractivity contribution in [1.29, 1.82) is 0 Å². The Kier molecular flexibility index (Phi) is 6.00. The molecular formula is C26H21F3N4O2. The average molecular weight is 478 g/mol. The van der Waals surface area contributed by atoms with Gasteiger partial charge in [-0.15, -0.1) is 0 Å². The molecule has 2 N–H and O–H groups in total. The molecule has 1 fully saturated rings. The molecule has 3 aromatic carbocycles. The van der Waals surface area contributed by atoms with Crippen molar-refractivity contribution in [2.75, 3.05) is 18.9 Å². The van der Waals surface area contributed by atoms with Gasteiger partial charge in [0, 0.05) is 35.6 Å². The molecule has 1 atom stereocenters. The van der Waals surface area contributed by atoms with E-state index in [1.54, 1.807) is 35.4 Å². The van der Waals surface area contributed by atoms with Gasteiger partial charge in [-0.3, -0.25) is 4.79 Å². The minimum atomic E-state index is -0.775. The van der Waals surface area contributed by atoms with Gasteiger partial charge in [-0.05, 0) is 60.5 Å². The molecule has 1 aliphatic heterocycles. The second kappa shape index (κ2) is 9.27. The zero-order valence-electron chi connectivity index (χ0n) is 18.5. The molecule has 178 valence electrons. The summed E-state index contributed by atoms with van der Waals surface area (Å²) >= 11 is 0. The highest BCUT2D eigenvalue weighted by molar-refractivity contribution is 5.80. The number of ether oxygens (including phenoxy) is 1. The summed E-state index contributed by atoms with van der Waals surface area (Å²) in [7, 11) is 0. The maximum atomic E-state index is 13.9. The van der Waals surface area contributed by atoms with Gasteiger partial charge in [0.05, 0.1) is 5.69 Å². The maximum absolute atomic E-state index is 13.9. The third-order valence-corrected chi connectivity index (χ3v) is 5.83. The van der Waals surface area contributed by atoms with E-state index in [1.165, 1.54) is 16.8 Å². The molecule has 0 bridgehead atoms. The van der Waals surface area contributed by atoms with Crippen LogP contribution in [-0.2, 0) is 16.0 Å². The van der Waals surface area contributed by atoms with Gasteiger partial charge in [-0.1, -0.05) is 12.1 Å². The SMILES string of the molecule is Nc1ccc(CCN2C(=O)COC2c2cn(-c3cc(F)cc(F)c3)nc2-c2ccc(F)cc2)cc1. The minimum Gasteiger partial charge on any atom is -0.399 e. The molecule has 4 aromatic rings. The lowest BCUT2D eigenvalue weighted by atomic mass is 10.1. The molecule has 0 spiro atoms. The van der Waals surface area contributed by atoms with Crippen LogP contribution in [0, 0.1) is 17.5 Å². The molecule has 0 radical (unpaired) electrons. The summed E-state index contributed by atoms with van der Waals surface area (Å²) in [5.41, 5.74) is 9.06. The number of carbonyl (C=O) groups is 1. The zero-order valence-corrected chi connectivity index (χ0v) is 18.5. The Balaban J connectivity index is 1.53. The van der Waals surface area contributed by atoms with Crippen LogP contribution in [0.15, 0.2) is 72.9 Å². The normalized spacial score (nSPS) is 15.7. The minimum absolute atomic E-state index is 0.116.